The van der Waals surface area contributed by atoms with Gasteiger partial charge in [-0.15, -0.1) is 13.2 Å². The molecule has 0 heterocycles. The van der Waals surface area contributed by atoms with Gasteiger partial charge in [0.25, 0.3) is 0 Å². The molecule has 19 heavy (non-hydrogen) atoms. The van der Waals surface area contributed by atoms with Gasteiger partial charge in [-0.3, -0.25) is 4.79 Å². The Balaban J connectivity index is 2.79. The van der Waals surface area contributed by atoms with Crippen molar-refractivity contribution in [1.29, 1.82) is 0 Å². The van der Waals surface area contributed by atoms with E-state index in [2.05, 4.69) is 4.74 Å². The fourth-order valence-electron chi connectivity index (χ4n) is 1.60. The first-order valence-corrected chi connectivity index (χ1v) is 5.82. The third kappa shape index (κ3) is 5.63. The first kappa shape index (κ1) is 15.3. The molecule has 3 nitrogen and oxygen atoms in total. The number of aryl methyl sites for hydroxylation is 2. The standard InChI is InChI=1S/C13H15F3O3/c1-3-18-12(17)7-5-10-8-9(2)4-6-11(10)19-13(14,15)16/h4,6,8H,3,5,7H2,1-2H3. The van der Waals surface area contributed by atoms with Crippen LogP contribution in [0.25, 0.3) is 0 Å². The van der Waals surface area contributed by atoms with Gasteiger partial charge in [0.1, 0.15) is 5.75 Å². The average Bonchev–Trinajstić information content (AvgIpc) is 2.28. The predicted octanol–water partition coefficient (Wildman–Crippen LogP) is 3.39. The van der Waals surface area contributed by atoms with Crippen LogP contribution in [-0.2, 0) is 16.0 Å². The first-order chi connectivity index (χ1) is 8.81. The zero-order valence-electron chi connectivity index (χ0n) is 10.7. The molecule has 0 amide bonds. The summed E-state index contributed by atoms with van der Waals surface area (Å²) in [6, 6.07) is 4.35. The Morgan fingerprint density at radius 3 is 2.58 bits per heavy atom. The van der Waals surface area contributed by atoms with E-state index in [4.69, 9.17) is 4.74 Å². The molecule has 0 aliphatic heterocycles. The summed E-state index contributed by atoms with van der Waals surface area (Å²) in [5.74, 6) is -0.718. The van der Waals surface area contributed by atoms with E-state index in [-0.39, 0.29) is 25.2 Å². The average molecular weight is 276 g/mol. The maximum Gasteiger partial charge on any atom is 0.573 e. The van der Waals surface area contributed by atoms with Crippen molar-refractivity contribution in [2.45, 2.75) is 33.1 Å². The van der Waals surface area contributed by atoms with Crippen molar-refractivity contribution in [3.05, 3.63) is 29.3 Å². The van der Waals surface area contributed by atoms with Crippen LogP contribution in [0.2, 0.25) is 0 Å². The molecule has 1 aromatic carbocycles. The van der Waals surface area contributed by atoms with E-state index in [9.17, 15) is 18.0 Å². The molecular weight excluding hydrogens is 261 g/mol. The monoisotopic (exact) mass is 276 g/mol. The third-order valence-corrected chi connectivity index (χ3v) is 2.35. The van der Waals surface area contributed by atoms with Gasteiger partial charge in [-0.2, -0.15) is 0 Å². The minimum atomic E-state index is -4.74. The number of esters is 1. The molecule has 1 rings (SSSR count). The van der Waals surface area contributed by atoms with Gasteiger partial charge in [0, 0.05) is 6.42 Å². The summed E-state index contributed by atoms with van der Waals surface area (Å²) in [7, 11) is 0. The van der Waals surface area contributed by atoms with Crippen molar-refractivity contribution < 1.29 is 27.4 Å². The summed E-state index contributed by atoms with van der Waals surface area (Å²) in [4.78, 5) is 11.2. The minimum Gasteiger partial charge on any atom is -0.466 e. The number of halogens is 3. The molecule has 0 unspecified atom stereocenters. The van der Waals surface area contributed by atoms with Crippen LogP contribution in [0.1, 0.15) is 24.5 Å². The summed E-state index contributed by atoms with van der Waals surface area (Å²) < 4.78 is 45.3. The highest BCUT2D eigenvalue weighted by Gasteiger charge is 2.32. The quantitative estimate of drug-likeness (QED) is 0.773. The van der Waals surface area contributed by atoms with Crippen LogP contribution in [0.15, 0.2) is 18.2 Å². The van der Waals surface area contributed by atoms with Gasteiger partial charge in [0.05, 0.1) is 6.61 Å². The highest BCUT2D eigenvalue weighted by Crippen LogP contribution is 2.28. The highest BCUT2D eigenvalue weighted by molar-refractivity contribution is 5.69. The Hall–Kier alpha value is -1.72. The smallest absolute Gasteiger partial charge is 0.466 e. The van der Waals surface area contributed by atoms with Gasteiger partial charge >= 0.3 is 12.3 Å². The normalized spacial score (nSPS) is 11.2. The minimum absolute atomic E-state index is 0.0194. The Morgan fingerprint density at radius 1 is 1.32 bits per heavy atom. The van der Waals surface area contributed by atoms with Crippen molar-refractivity contribution in [3.8, 4) is 5.75 Å². The number of alkyl halides is 3. The summed E-state index contributed by atoms with van der Waals surface area (Å²) in [5.41, 5.74) is 1.14. The molecule has 6 heteroatoms. The second-order valence-electron chi connectivity index (χ2n) is 3.96. The summed E-state index contributed by atoms with van der Waals surface area (Å²) >= 11 is 0. The van der Waals surface area contributed by atoms with E-state index in [1.54, 1.807) is 19.9 Å². The molecule has 0 atom stereocenters. The van der Waals surface area contributed by atoms with Crippen molar-refractivity contribution in [2.75, 3.05) is 6.61 Å². The molecule has 0 fully saturated rings. The van der Waals surface area contributed by atoms with Gasteiger partial charge in [-0.1, -0.05) is 17.7 Å². The van der Waals surface area contributed by atoms with E-state index in [1.807, 2.05) is 0 Å². The molecule has 1 aromatic rings. The lowest BCUT2D eigenvalue weighted by Gasteiger charge is -2.13. The van der Waals surface area contributed by atoms with E-state index in [0.29, 0.717) is 5.56 Å². The molecule has 0 aliphatic rings. The van der Waals surface area contributed by atoms with Gasteiger partial charge in [-0.25, -0.2) is 0 Å². The molecule has 0 N–H and O–H groups in total. The van der Waals surface area contributed by atoms with Crippen molar-refractivity contribution >= 4 is 5.97 Å². The molecule has 0 bridgehead atoms. The maximum atomic E-state index is 12.2. The second kappa shape index (κ2) is 6.45. The van der Waals surface area contributed by atoms with Crippen LogP contribution in [0.4, 0.5) is 13.2 Å². The molecular formula is C13H15F3O3. The van der Waals surface area contributed by atoms with E-state index in [0.717, 1.165) is 5.56 Å². The van der Waals surface area contributed by atoms with Crippen LogP contribution in [0.3, 0.4) is 0 Å². The lowest BCUT2D eigenvalue weighted by Crippen LogP contribution is -2.18. The number of rotatable bonds is 5. The third-order valence-electron chi connectivity index (χ3n) is 2.35. The van der Waals surface area contributed by atoms with Gasteiger partial charge < -0.3 is 9.47 Å². The van der Waals surface area contributed by atoms with Gasteiger partial charge in [0.15, 0.2) is 0 Å². The van der Waals surface area contributed by atoms with Gasteiger partial charge in [-0.05, 0) is 31.9 Å². The van der Waals surface area contributed by atoms with Crippen LogP contribution >= 0.6 is 0 Å². The maximum absolute atomic E-state index is 12.2. The van der Waals surface area contributed by atoms with Crippen molar-refractivity contribution in [1.82, 2.24) is 0 Å². The number of hydrogen-bond acceptors (Lipinski definition) is 3. The summed E-state index contributed by atoms with van der Waals surface area (Å²) in [5, 5.41) is 0. The van der Waals surface area contributed by atoms with E-state index >= 15 is 0 Å². The Kier molecular flexibility index (Phi) is 5.20. The molecule has 0 radical (unpaired) electrons. The molecule has 0 aromatic heterocycles. The molecule has 0 saturated carbocycles. The molecule has 0 spiro atoms. The van der Waals surface area contributed by atoms with Crippen molar-refractivity contribution in [3.63, 3.8) is 0 Å². The number of carbonyl (C=O) groups excluding carboxylic acids is 1. The van der Waals surface area contributed by atoms with E-state index < -0.39 is 12.3 Å². The summed E-state index contributed by atoms with van der Waals surface area (Å²) in [6.45, 7) is 3.67. The van der Waals surface area contributed by atoms with Crippen LogP contribution in [0, 0.1) is 6.92 Å². The molecule has 0 aliphatic carbocycles. The van der Waals surface area contributed by atoms with E-state index in [1.165, 1.54) is 12.1 Å². The topological polar surface area (TPSA) is 35.5 Å². The molecule has 106 valence electrons. The van der Waals surface area contributed by atoms with Crippen LogP contribution in [-0.4, -0.2) is 18.9 Å². The van der Waals surface area contributed by atoms with Gasteiger partial charge in [0.2, 0.25) is 0 Å². The lowest BCUT2D eigenvalue weighted by atomic mass is 10.1. The number of carbonyl (C=O) groups is 1. The summed E-state index contributed by atoms with van der Waals surface area (Å²) in [6.07, 6.45) is -4.58. The molecule has 0 saturated heterocycles. The largest absolute Gasteiger partial charge is 0.573 e. The lowest BCUT2D eigenvalue weighted by molar-refractivity contribution is -0.274. The van der Waals surface area contributed by atoms with Crippen molar-refractivity contribution in [2.24, 2.45) is 0 Å². The SMILES string of the molecule is CCOC(=O)CCc1cc(C)ccc1OC(F)(F)F. The fraction of sp³-hybridized carbons (Fsp3) is 0.462. The second-order valence-corrected chi connectivity index (χ2v) is 3.96. The number of hydrogen-bond donors (Lipinski definition) is 0. The predicted molar refractivity (Wildman–Crippen MR) is 62.8 cm³/mol. The van der Waals surface area contributed by atoms with Crippen LogP contribution < -0.4 is 4.74 Å². The fourth-order valence-corrected chi connectivity index (χ4v) is 1.60. The Morgan fingerprint density at radius 2 is 2.00 bits per heavy atom. The first-order valence-electron chi connectivity index (χ1n) is 5.82. The zero-order valence-corrected chi connectivity index (χ0v) is 10.7. The number of benzene rings is 1. The highest BCUT2D eigenvalue weighted by atomic mass is 19.4. The zero-order chi connectivity index (χ0) is 14.5. The number of ether oxygens (including phenoxy) is 2. The Labute approximate surface area is 109 Å². The Bertz CT molecular complexity index is 441. The van der Waals surface area contributed by atoms with Crippen LogP contribution in [0.5, 0.6) is 5.75 Å².